The van der Waals surface area contributed by atoms with Crippen LogP contribution in [0.15, 0.2) is 18.2 Å². The van der Waals surface area contributed by atoms with E-state index in [0.717, 1.165) is 12.0 Å². The first-order chi connectivity index (χ1) is 8.08. The Morgan fingerprint density at radius 2 is 2.24 bits per heavy atom. The molecule has 94 valence electrons. The summed E-state index contributed by atoms with van der Waals surface area (Å²) in [5, 5.41) is 22.9. The van der Waals surface area contributed by atoms with Gasteiger partial charge in [0, 0.05) is 18.7 Å². The molecule has 0 saturated heterocycles. The Morgan fingerprint density at radius 3 is 2.76 bits per heavy atom. The molecule has 17 heavy (non-hydrogen) atoms. The van der Waals surface area contributed by atoms with Gasteiger partial charge in [-0.25, -0.2) is 0 Å². The number of rotatable bonds is 6. The summed E-state index contributed by atoms with van der Waals surface area (Å²) in [6.45, 7) is 3.95. The third kappa shape index (κ3) is 3.71. The van der Waals surface area contributed by atoms with E-state index in [4.69, 9.17) is 5.11 Å². The lowest BCUT2D eigenvalue weighted by molar-refractivity contribution is -0.384. The van der Waals surface area contributed by atoms with Crippen LogP contribution < -0.4 is 5.32 Å². The lowest BCUT2D eigenvalue weighted by atomic mass is 10.1. The molecular formula is C12H18N2O3. The van der Waals surface area contributed by atoms with Gasteiger partial charge in [0.2, 0.25) is 0 Å². The van der Waals surface area contributed by atoms with E-state index in [9.17, 15) is 10.1 Å². The van der Waals surface area contributed by atoms with Crippen molar-refractivity contribution in [2.45, 2.75) is 32.7 Å². The number of nitro groups is 1. The Hall–Kier alpha value is -1.62. The van der Waals surface area contributed by atoms with Crippen molar-refractivity contribution in [3.63, 3.8) is 0 Å². The van der Waals surface area contributed by atoms with Crippen LogP contribution in [0.2, 0.25) is 0 Å². The first-order valence-corrected chi connectivity index (χ1v) is 5.71. The molecule has 5 heteroatoms. The van der Waals surface area contributed by atoms with Crippen LogP contribution in [-0.4, -0.2) is 22.7 Å². The van der Waals surface area contributed by atoms with E-state index in [1.807, 2.05) is 13.8 Å². The van der Waals surface area contributed by atoms with Crippen molar-refractivity contribution in [3.8, 4) is 0 Å². The number of aryl methyl sites for hydroxylation is 1. The second-order valence-corrected chi connectivity index (χ2v) is 4.04. The molecule has 0 spiro atoms. The van der Waals surface area contributed by atoms with Crippen LogP contribution in [0.5, 0.6) is 0 Å². The Balaban J connectivity index is 2.94. The second kappa shape index (κ2) is 6.20. The summed E-state index contributed by atoms with van der Waals surface area (Å²) in [4.78, 5) is 10.5. The van der Waals surface area contributed by atoms with Crippen LogP contribution in [0.1, 0.15) is 25.3 Å². The third-order valence-electron chi connectivity index (χ3n) is 2.68. The zero-order valence-corrected chi connectivity index (χ0v) is 10.1. The summed E-state index contributed by atoms with van der Waals surface area (Å²) in [7, 11) is 0. The standard InChI is InChI=1S/C12H18N2O3/c1-3-10(6-7-15)13-11-8-9(2)4-5-12(11)14(16)17/h4-5,8,10,13,15H,3,6-7H2,1-2H3. The van der Waals surface area contributed by atoms with Gasteiger partial charge in [-0.15, -0.1) is 0 Å². The molecule has 0 aliphatic carbocycles. The van der Waals surface area contributed by atoms with Crippen molar-refractivity contribution >= 4 is 11.4 Å². The van der Waals surface area contributed by atoms with Crippen LogP contribution in [-0.2, 0) is 0 Å². The van der Waals surface area contributed by atoms with Gasteiger partial charge >= 0.3 is 0 Å². The maximum Gasteiger partial charge on any atom is 0.292 e. The average molecular weight is 238 g/mol. The highest BCUT2D eigenvalue weighted by Crippen LogP contribution is 2.26. The number of hydrogen-bond donors (Lipinski definition) is 2. The number of aliphatic hydroxyl groups is 1. The number of benzene rings is 1. The fourth-order valence-electron chi connectivity index (χ4n) is 1.68. The third-order valence-corrected chi connectivity index (χ3v) is 2.68. The first-order valence-electron chi connectivity index (χ1n) is 5.71. The van der Waals surface area contributed by atoms with E-state index in [2.05, 4.69) is 5.32 Å². The van der Waals surface area contributed by atoms with E-state index < -0.39 is 4.92 Å². The minimum Gasteiger partial charge on any atom is -0.396 e. The lowest BCUT2D eigenvalue weighted by Crippen LogP contribution is -2.20. The fraction of sp³-hybridized carbons (Fsp3) is 0.500. The van der Waals surface area contributed by atoms with Crippen molar-refractivity contribution in [1.29, 1.82) is 0 Å². The largest absolute Gasteiger partial charge is 0.396 e. The molecule has 1 aromatic rings. The molecule has 1 atom stereocenters. The van der Waals surface area contributed by atoms with Crippen LogP contribution in [0, 0.1) is 17.0 Å². The maximum absolute atomic E-state index is 10.9. The number of anilines is 1. The zero-order valence-electron chi connectivity index (χ0n) is 10.1. The van der Waals surface area contributed by atoms with Gasteiger partial charge in [0.25, 0.3) is 5.69 Å². The molecule has 0 aliphatic rings. The quantitative estimate of drug-likeness (QED) is 0.589. The summed E-state index contributed by atoms with van der Waals surface area (Å²) >= 11 is 0. The predicted octanol–water partition coefficient (Wildman–Crippen LogP) is 2.48. The Kier molecular flexibility index (Phi) is 4.90. The molecule has 0 aromatic heterocycles. The van der Waals surface area contributed by atoms with Crippen LogP contribution in [0.4, 0.5) is 11.4 Å². The topological polar surface area (TPSA) is 75.4 Å². The van der Waals surface area contributed by atoms with Crippen molar-refractivity contribution in [3.05, 3.63) is 33.9 Å². The monoisotopic (exact) mass is 238 g/mol. The molecule has 1 rings (SSSR count). The first kappa shape index (κ1) is 13.4. The second-order valence-electron chi connectivity index (χ2n) is 4.04. The normalized spacial score (nSPS) is 12.2. The van der Waals surface area contributed by atoms with Gasteiger partial charge in [-0.1, -0.05) is 13.0 Å². The molecule has 1 aromatic carbocycles. The summed E-state index contributed by atoms with van der Waals surface area (Å²) in [6.07, 6.45) is 1.40. The molecule has 0 radical (unpaired) electrons. The van der Waals surface area contributed by atoms with E-state index in [1.165, 1.54) is 6.07 Å². The molecule has 2 N–H and O–H groups in total. The molecule has 1 unspecified atom stereocenters. The maximum atomic E-state index is 10.9. The van der Waals surface area contributed by atoms with Gasteiger partial charge < -0.3 is 10.4 Å². The molecule has 0 amide bonds. The fourth-order valence-corrected chi connectivity index (χ4v) is 1.68. The van der Waals surface area contributed by atoms with E-state index in [0.29, 0.717) is 12.1 Å². The van der Waals surface area contributed by atoms with Crippen molar-refractivity contribution in [2.75, 3.05) is 11.9 Å². The number of nitro benzene ring substituents is 1. The highest BCUT2D eigenvalue weighted by Gasteiger charge is 2.16. The van der Waals surface area contributed by atoms with Crippen LogP contribution >= 0.6 is 0 Å². The number of nitrogens with zero attached hydrogens (tertiary/aromatic N) is 1. The number of hydrogen-bond acceptors (Lipinski definition) is 4. The van der Waals surface area contributed by atoms with E-state index in [-0.39, 0.29) is 18.3 Å². The van der Waals surface area contributed by atoms with Crippen LogP contribution in [0.25, 0.3) is 0 Å². The average Bonchev–Trinajstić information content (AvgIpc) is 2.28. The lowest BCUT2D eigenvalue weighted by Gasteiger charge is -2.17. The molecule has 0 heterocycles. The van der Waals surface area contributed by atoms with Gasteiger partial charge in [0.05, 0.1) is 4.92 Å². The van der Waals surface area contributed by atoms with Gasteiger partial charge in [-0.3, -0.25) is 10.1 Å². The Bertz CT molecular complexity index is 393. The van der Waals surface area contributed by atoms with Gasteiger partial charge in [0.15, 0.2) is 0 Å². The summed E-state index contributed by atoms with van der Waals surface area (Å²) in [5.41, 5.74) is 1.57. The molecule has 0 saturated carbocycles. The van der Waals surface area contributed by atoms with Gasteiger partial charge in [0.1, 0.15) is 5.69 Å². The molecule has 0 bridgehead atoms. The minimum absolute atomic E-state index is 0.0560. The Morgan fingerprint density at radius 1 is 1.53 bits per heavy atom. The minimum atomic E-state index is -0.395. The SMILES string of the molecule is CCC(CCO)Nc1cc(C)ccc1[N+](=O)[O-]. The number of nitrogens with one attached hydrogen (secondary N) is 1. The van der Waals surface area contributed by atoms with E-state index in [1.54, 1.807) is 12.1 Å². The molecule has 0 aliphatic heterocycles. The van der Waals surface area contributed by atoms with E-state index >= 15 is 0 Å². The summed E-state index contributed by atoms with van der Waals surface area (Å²) in [5.74, 6) is 0. The van der Waals surface area contributed by atoms with Crippen molar-refractivity contribution in [2.24, 2.45) is 0 Å². The van der Waals surface area contributed by atoms with Crippen molar-refractivity contribution in [1.82, 2.24) is 0 Å². The van der Waals surface area contributed by atoms with Crippen LogP contribution in [0.3, 0.4) is 0 Å². The number of aliphatic hydroxyl groups excluding tert-OH is 1. The molecular weight excluding hydrogens is 220 g/mol. The highest BCUT2D eigenvalue weighted by molar-refractivity contribution is 5.63. The zero-order chi connectivity index (χ0) is 12.8. The smallest absolute Gasteiger partial charge is 0.292 e. The predicted molar refractivity (Wildman–Crippen MR) is 67.2 cm³/mol. The summed E-state index contributed by atoms with van der Waals surface area (Å²) < 4.78 is 0. The molecule has 5 nitrogen and oxygen atoms in total. The highest BCUT2D eigenvalue weighted by atomic mass is 16.6. The van der Waals surface area contributed by atoms with Crippen molar-refractivity contribution < 1.29 is 10.0 Å². The summed E-state index contributed by atoms with van der Waals surface area (Å²) in [6, 6.07) is 5.04. The van der Waals surface area contributed by atoms with Gasteiger partial charge in [-0.05, 0) is 31.4 Å². The van der Waals surface area contributed by atoms with Gasteiger partial charge in [-0.2, -0.15) is 0 Å². The molecule has 0 fully saturated rings. The Labute approximate surface area is 101 Å².